The smallest absolute Gasteiger partial charge is 0.0543 e. The van der Waals surface area contributed by atoms with Gasteiger partial charge in [0.25, 0.3) is 0 Å². The third kappa shape index (κ3) is 5.74. The van der Waals surface area contributed by atoms with Gasteiger partial charge in [-0.1, -0.05) is 13.8 Å². The minimum atomic E-state index is 0.0516. The summed E-state index contributed by atoms with van der Waals surface area (Å²) >= 11 is 0. The molecular weight excluding hydrogens is 238 g/mol. The van der Waals surface area contributed by atoms with Crippen LogP contribution in [0, 0.1) is 5.41 Å². The number of hydrogen-bond donors (Lipinski definition) is 1. The van der Waals surface area contributed by atoms with Crippen LogP contribution in [0.2, 0.25) is 0 Å². The number of methoxy groups -OCH3 is 1. The van der Waals surface area contributed by atoms with Gasteiger partial charge in [-0.25, -0.2) is 0 Å². The van der Waals surface area contributed by atoms with Gasteiger partial charge in [0, 0.05) is 38.6 Å². The van der Waals surface area contributed by atoms with E-state index in [1.54, 1.807) is 7.11 Å². The first-order valence-corrected chi connectivity index (χ1v) is 6.98. The molecule has 0 aliphatic rings. The fourth-order valence-electron chi connectivity index (χ4n) is 1.83. The van der Waals surface area contributed by atoms with Crippen molar-refractivity contribution >= 4 is 0 Å². The van der Waals surface area contributed by atoms with Gasteiger partial charge in [0.05, 0.1) is 11.7 Å². The molecule has 0 radical (unpaired) electrons. The van der Waals surface area contributed by atoms with E-state index in [9.17, 15) is 0 Å². The van der Waals surface area contributed by atoms with Gasteiger partial charge in [0.1, 0.15) is 0 Å². The lowest BCUT2D eigenvalue weighted by Gasteiger charge is -2.24. The quantitative estimate of drug-likeness (QED) is 0.825. The number of hydrogen-bond acceptors (Lipinski definition) is 3. The molecule has 4 heteroatoms. The second kappa shape index (κ2) is 6.53. The first-order valence-electron chi connectivity index (χ1n) is 6.98. The third-order valence-electron chi connectivity index (χ3n) is 3.24. The maximum absolute atomic E-state index is 5.14. The van der Waals surface area contributed by atoms with E-state index in [0.717, 1.165) is 26.1 Å². The van der Waals surface area contributed by atoms with Crippen molar-refractivity contribution < 1.29 is 4.74 Å². The van der Waals surface area contributed by atoms with Crippen LogP contribution in [0.1, 0.15) is 46.6 Å². The zero-order chi connectivity index (χ0) is 14.5. The standard InChI is InChI=1S/C15H29N3O/c1-14(2,3)18-11-13(10-17-18)9-16-12-15(4,5)7-8-19-6/h10-11,16H,7-9,12H2,1-6H3. The highest BCUT2D eigenvalue weighted by atomic mass is 16.5. The molecule has 0 fully saturated rings. The highest BCUT2D eigenvalue weighted by Crippen LogP contribution is 2.19. The predicted molar refractivity (Wildman–Crippen MR) is 79.2 cm³/mol. The summed E-state index contributed by atoms with van der Waals surface area (Å²) in [6, 6.07) is 0. The summed E-state index contributed by atoms with van der Waals surface area (Å²) in [4.78, 5) is 0. The molecule has 1 aromatic heterocycles. The summed E-state index contributed by atoms with van der Waals surface area (Å²) in [5.41, 5.74) is 1.55. The normalized spacial score (nSPS) is 12.9. The van der Waals surface area contributed by atoms with Crippen molar-refractivity contribution in [1.82, 2.24) is 15.1 Å². The molecule has 1 N–H and O–H groups in total. The summed E-state index contributed by atoms with van der Waals surface area (Å²) in [7, 11) is 1.75. The lowest BCUT2D eigenvalue weighted by molar-refractivity contribution is 0.150. The largest absolute Gasteiger partial charge is 0.385 e. The van der Waals surface area contributed by atoms with Crippen molar-refractivity contribution in [3.05, 3.63) is 18.0 Å². The molecular formula is C15H29N3O. The van der Waals surface area contributed by atoms with Crippen LogP contribution in [-0.4, -0.2) is 30.0 Å². The Morgan fingerprint density at radius 1 is 1.26 bits per heavy atom. The van der Waals surface area contributed by atoms with Crippen LogP contribution in [0.5, 0.6) is 0 Å². The Hall–Kier alpha value is -0.870. The summed E-state index contributed by atoms with van der Waals surface area (Å²) in [5, 5.41) is 7.92. The van der Waals surface area contributed by atoms with Crippen LogP contribution < -0.4 is 5.32 Å². The first kappa shape index (κ1) is 16.2. The average molecular weight is 267 g/mol. The molecule has 0 aliphatic heterocycles. The lowest BCUT2D eigenvalue weighted by atomic mass is 9.90. The fourth-order valence-corrected chi connectivity index (χ4v) is 1.83. The van der Waals surface area contributed by atoms with E-state index in [0.29, 0.717) is 0 Å². The van der Waals surface area contributed by atoms with E-state index in [4.69, 9.17) is 4.74 Å². The van der Waals surface area contributed by atoms with Gasteiger partial charge in [-0.15, -0.1) is 0 Å². The van der Waals surface area contributed by atoms with E-state index < -0.39 is 0 Å². The molecule has 0 saturated carbocycles. The summed E-state index contributed by atoms with van der Waals surface area (Å²) < 4.78 is 7.16. The Morgan fingerprint density at radius 2 is 1.95 bits per heavy atom. The maximum atomic E-state index is 5.14. The summed E-state index contributed by atoms with van der Waals surface area (Å²) in [6.45, 7) is 13.7. The predicted octanol–water partition coefficient (Wildman–Crippen LogP) is 2.79. The van der Waals surface area contributed by atoms with E-state index >= 15 is 0 Å². The monoisotopic (exact) mass is 267 g/mol. The van der Waals surface area contributed by atoms with Crippen LogP contribution in [0.3, 0.4) is 0 Å². The summed E-state index contributed by atoms with van der Waals surface area (Å²) in [5.74, 6) is 0. The van der Waals surface area contributed by atoms with E-state index in [-0.39, 0.29) is 11.0 Å². The van der Waals surface area contributed by atoms with Gasteiger partial charge >= 0.3 is 0 Å². The van der Waals surface area contributed by atoms with Crippen molar-refractivity contribution in [3.8, 4) is 0 Å². The van der Waals surface area contributed by atoms with Crippen molar-refractivity contribution in [1.29, 1.82) is 0 Å². The maximum Gasteiger partial charge on any atom is 0.0543 e. The number of nitrogens with one attached hydrogen (secondary N) is 1. The Morgan fingerprint density at radius 3 is 2.47 bits per heavy atom. The van der Waals surface area contributed by atoms with Crippen LogP contribution in [0.15, 0.2) is 12.4 Å². The molecule has 0 aliphatic carbocycles. The Labute approximate surface area is 117 Å². The molecule has 0 atom stereocenters. The minimum absolute atomic E-state index is 0.0516. The number of nitrogens with zero attached hydrogens (tertiary/aromatic N) is 2. The molecule has 1 rings (SSSR count). The van der Waals surface area contributed by atoms with Crippen LogP contribution >= 0.6 is 0 Å². The minimum Gasteiger partial charge on any atom is -0.385 e. The molecule has 4 nitrogen and oxygen atoms in total. The highest BCUT2D eigenvalue weighted by Gasteiger charge is 2.17. The number of aromatic nitrogens is 2. The van der Waals surface area contributed by atoms with Crippen molar-refractivity contribution in [2.75, 3.05) is 20.3 Å². The Kier molecular flexibility index (Phi) is 5.56. The SMILES string of the molecule is COCCC(C)(C)CNCc1cnn(C(C)(C)C)c1. The topological polar surface area (TPSA) is 39.1 Å². The van der Waals surface area contributed by atoms with Crippen LogP contribution in [0.25, 0.3) is 0 Å². The number of ether oxygens (including phenoxy) is 1. The zero-order valence-corrected chi connectivity index (χ0v) is 13.3. The Bertz CT molecular complexity index is 377. The van der Waals surface area contributed by atoms with Gasteiger partial charge in [0.15, 0.2) is 0 Å². The van der Waals surface area contributed by atoms with Gasteiger partial charge in [-0.05, 0) is 32.6 Å². The molecule has 0 unspecified atom stereocenters. The van der Waals surface area contributed by atoms with E-state index in [1.165, 1.54) is 5.56 Å². The lowest BCUT2D eigenvalue weighted by Crippen LogP contribution is -2.30. The highest BCUT2D eigenvalue weighted by molar-refractivity contribution is 5.04. The van der Waals surface area contributed by atoms with Gasteiger partial charge in [-0.2, -0.15) is 5.10 Å². The third-order valence-corrected chi connectivity index (χ3v) is 3.24. The van der Waals surface area contributed by atoms with Crippen LogP contribution in [-0.2, 0) is 16.8 Å². The molecule has 0 aromatic carbocycles. The molecule has 1 heterocycles. The fraction of sp³-hybridized carbons (Fsp3) is 0.800. The van der Waals surface area contributed by atoms with Crippen molar-refractivity contribution in [3.63, 3.8) is 0 Å². The molecule has 0 saturated heterocycles. The van der Waals surface area contributed by atoms with Gasteiger partial charge in [-0.3, -0.25) is 4.68 Å². The second-order valence-corrected chi connectivity index (χ2v) is 6.97. The van der Waals surface area contributed by atoms with Crippen molar-refractivity contribution in [2.45, 2.75) is 53.1 Å². The molecule has 0 amide bonds. The second-order valence-electron chi connectivity index (χ2n) is 6.97. The van der Waals surface area contributed by atoms with Crippen LogP contribution in [0.4, 0.5) is 0 Å². The van der Waals surface area contributed by atoms with Gasteiger partial charge in [0.2, 0.25) is 0 Å². The van der Waals surface area contributed by atoms with Crippen molar-refractivity contribution in [2.24, 2.45) is 5.41 Å². The van der Waals surface area contributed by atoms with E-state index in [1.807, 2.05) is 10.9 Å². The first-order chi connectivity index (χ1) is 8.74. The Balaban J connectivity index is 2.39. The molecule has 0 bridgehead atoms. The molecule has 0 spiro atoms. The molecule has 19 heavy (non-hydrogen) atoms. The molecule has 110 valence electrons. The molecule has 1 aromatic rings. The average Bonchev–Trinajstić information content (AvgIpc) is 2.74. The zero-order valence-electron chi connectivity index (χ0n) is 13.3. The van der Waals surface area contributed by atoms with Gasteiger partial charge < -0.3 is 10.1 Å². The summed E-state index contributed by atoms with van der Waals surface area (Å²) in [6.07, 6.45) is 5.13. The number of rotatable bonds is 7. The van der Waals surface area contributed by atoms with E-state index in [2.05, 4.69) is 51.2 Å².